The van der Waals surface area contributed by atoms with E-state index in [0.29, 0.717) is 0 Å². The van der Waals surface area contributed by atoms with Gasteiger partial charge in [-0.05, 0) is 50.6 Å². The first-order valence-electron chi connectivity index (χ1n) is 6.64. The second kappa shape index (κ2) is 6.66. The molecule has 0 aromatic heterocycles. The lowest BCUT2D eigenvalue weighted by atomic mass is 10.1. The van der Waals surface area contributed by atoms with Crippen LogP contribution in [0.3, 0.4) is 0 Å². The van der Waals surface area contributed by atoms with Crippen LogP contribution < -0.4 is 0 Å². The maximum Gasteiger partial charge on any atom is 0.321 e. The molecule has 0 aliphatic rings. The summed E-state index contributed by atoms with van der Waals surface area (Å²) < 4.78 is 11.8. The third kappa shape index (κ3) is 5.95. The summed E-state index contributed by atoms with van der Waals surface area (Å²) in [6, 6.07) is 11.9. The minimum absolute atomic E-state index is 1.15. The van der Waals surface area contributed by atoms with Gasteiger partial charge in [-0.3, -0.25) is 0 Å². The summed E-state index contributed by atoms with van der Waals surface area (Å²) >= 11 is 0. The first-order valence-corrected chi connectivity index (χ1v) is 12.6. The van der Waals surface area contributed by atoms with E-state index < -0.39 is 16.9 Å². The van der Waals surface area contributed by atoms with Crippen LogP contribution in [0, 0.1) is 0 Å². The van der Waals surface area contributed by atoms with E-state index >= 15 is 0 Å². The average Bonchev–Trinajstić information content (AvgIpc) is 2.29. The van der Waals surface area contributed by atoms with Gasteiger partial charge in [0.25, 0.3) is 0 Å². The molecule has 0 N–H and O–H groups in total. The van der Waals surface area contributed by atoms with Crippen molar-refractivity contribution in [2.45, 2.75) is 45.1 Å². The smallest absolute Gasteiger partial charge is 0.321 e. The first-order chi connectivity index (χ1) is 8.35. The molecule has 2 nitrogen and oxygen atoms in total. The van der Waals surface area contributed by atoms with Gasteiger partial charge in [-0.15, -0.1) is 0 Å². The molecule has 0 amide bonds. The molecule has 18 heavy (non-hydrogen) atoms. The molecule has 0 saturated carbocycles. The molecule has 102 valence electrons. The second-order valence-electron chi connectivity index (χ2n) is 5.80. The van der Waals surface area contributed by atoms with Crippen LogP contribution in [0.5, 0.6) is 0 Å². The predicted molar refractivity (Wildman–Crippen MR) is 82.6 cm³/mol. The SMILES string of the molecule is CO[Si](C)(C)O[Si](C)(C)CCCc1ccccc1. The van der Waals surface area contributed by atoms with Gasteiger partial charge in [-0.25, -0.2) is 0 Å². The Morgan fingerprint density at radius 1 is 1.00 bits per heavy atom. The third-order valence-corrected chi connectivity index (χ3v) is 9.82. The van der Waals surface area contributed by atoms with Gasteiger partial charge in [0.1, 0.15) is 0 Å². The summed E-state index contributed by atoms with van der Waals surface area (Å²) in [5.74, 6) is 0. The van der Waals surface area contributed by atoms with Crippen molar-refractivity contribution in [2.75, 3.05) is 7.11 Å². The van der Waals surface area contributed by atoms with Crippen LogP contribution >= 0.6 is 0 Å². The molecule has 0 aliphatic carbocycles. The molecule has 4 heteroatoms. The Labute approximate surface area is 114 Å². The molecule has 0 heterocycles. The topological polar surface area (TPSA) is 18.5 Å². The fourth-order valence-electron chi connectivity index (χ4n) is 2.12. The van der Waals surface area contributed by atoms with Gasteiger partial charge in [0.05, 0.1) is 0 Å². The van der Waals surface area contributed by atoms with Crippen molar-refractivity contribution in [3.8, 4) is 0 Å². The van der Waals surface area contributed by atoms with Crippen molar-refractivity contribution in [3.05, 3.63) is 35.9 Å². The lowest BCUT2D eigenvalue weighted by Gasteiger charge is -2.32. The summed E-state index contributed by atoms with van der Waals surface area (Å²) in [6.45, 7) is 8.84. The Bertz CT molecular complexity index is 350. The molecule has 0 aliphatic heterocycles. The molecule has 1 rings (SSSR count). The maximum absolute atomic E-state index is 6.27. The summed E-state index contributed by atoms with van der Waals surface area (Å²) in [4.78, 5) is 0. The number of benzene rings is 1. The van der Waals surface area contributed by atoms with Gasteiger partial charge in [0, 0.05) is 7.11 Å². The molecular weight excluding hydrogens is 256 g/mol. The summed E-state index contributed by atoms with van der Waals surface area (Å²) in [6.07, 6.45) is 2.35. The maximum atomic E-state index is 6.27. The van der Waals surface area contributed by atoms with Crippen molar-refractivity contribution >= 4 is 16.9 Å². The molecule has 1 aromatic carbocycles. The highest BCUT2D eigenvalue weighted by molar-refractivity contribution is 6.82. The highest BCUT2D eigenvalue weighted by atomic mass is 28.4. The molecule has 0 saturated heterocycles. The third-order valence-electron chi connectivity index (χ3n) is 3.10. The van der Waals surface area contributed by atoms with E-state index in [1.807, 2.05) is 0 Å². The van der Waals surface area contributed by atoms with Gasteiger partial charge in [0.2, 0.25) is 0 Å². The second-order valence-corrected chi connectivity index (χ2v) is 13.8. The van der Waals surface area contributed by atoms with Crippen molar-refractivity contribution in [2.24, 2.45) is 0 Å². The van der Waals surface area contributed by atoms with E-state index in [1.54, 1.807) is 7.11 Å². The van der Waals surface area contributed by atoms with Gasteiger partial charge >= 0.3 is 8.56 Å². The van der Waals surface area contributed by atoms with E-state index in [2.05, 4.69) is 56.5 Å². The molecular formula is C14H26O2Si2. The quantitative estimate of drug-likeness (QED) is 0.698. The van der Waals surface area contributed by atoms with Crippen molar-refractivity contribution < 1.29 is 8.54 Å². The minimum atomic E-state index is -1.88. The van der Waals surface area contributed by atoms with Crippen LogP contribution in [-0.2, 0) is 15.0 Å². The first kappa shape index (κ1) is 15.6. The van der Waals surface area contributed by atoms with Crippen LogP contribution in [0.1, 0.15) is 12.0 Å². The molecule has 0 spiro atoms. The van der Waals surface area contributed by atoms with Crippen molar-refractivity contribution in [1.29, 1.82) is 0 Å². The van der Waals surface area contributed by atoms with Crippen LogP contribution in [-0.4, -0.2) is 24.0 Å². The zero-order valence-electron chi connectivity index (χ0n) is 12.3. The average molecular weight is 283 g/mol. The lowest BCUT2D eigenvalue weighted by molar-refractivity contribution is 0.309. The Hall–Kier alpha value is -0.426. The molecule has 0 atom stereocenters. The highest BCUT2D eigenvalue weighted by Crippen LogP contribution is 2.21. The van der Waals surface area contributed by atoms with Gasteiger partial charge in [-0.1, -0.05) is 30.3 Å². The zero-order chi connectivity index (χ0) is 13.6. The highest BCUT2D eigenvalue weighted by Gasteiger charge is 2.33. The standard InChI is InChI=1S/C14H26O2Si2/c1-15-18(4,5)16-17(2,3)13-9-12-14-10-7-6-8-11-14/h6-8,10-11H,9,12-13H2,1-5H3. The fourth-order valence-corrected chi connectivity index (χ4v) is 9.21. The molecule has 0 radical (unpaired) electrons. The number of hydrogen-bond acceptors (Lipinski definition) is 2. The van der Waals surface area contributed by atoms with Gasteiger partial charge in [0.15, 0.2) is 8.32 Å². The summed E-state index contributed by atoms with van der Waals surface area (Å²) in [5.41, 5.74) is 1.42. The molecule has 1 aromatic rings. The number of hydrogen-bond donors (Lipinski definition) is 0. The van der Waals surface area contributed by atoms with E-state index in [9.17, 15) is 0 Å². The Morgan fingerprint density at radius 3 is 2.17 bits per heavy atom. The van der Waals surface area contributed by atoms with E-state index in [0.717, 1.165) is 6.42 Å². The minimum Gasteiger partial charge on any atom is -0.436 e. The molecule has 0 unspecified atom stereocenters. The normalized spacial score (nSPS) is 12.7. The predicted octanol–water partition coefficient (Wildman–Crippen LogP) is 4.19. The van der Waals surface area contributed by atoms with E-state index in [1.165, 1.54) is 18.0 Å². The van der Waals surface area contributed by atoms with Crippen LogP contribution in [0.4, 0.5) is 0 Å². The van der Waals surface area contributed by atoms with Crippen molar-refractivity contribution in [1.82, 2.24) is 0 Å². The Morgan fingerprint density at radius 2 is 1.61 bits per heavy atom. The van der Waals surface area contributed by atoms with Crippen LogP contribution in [0.15, 0.2) is 30.3 Å². The Kier molecular flexibility index (Phi) is 5.78. The summed E-state index contributed by atoms with van der Waals surface area (Å²) in [5, 5.41) is 0. The Balaban J connectivity index is 2.38. The van der Waals surface area contributed by atoms with E-state index in [4.69, 9.17) is 8.54 Å². The number of aryl methyl sites for hydroxylation is 1. The monoisotopic (exact) mass is 282 g/mol. The molecule has 0 bridgehead atoms. The number of rotatable bonds is 7. The van der Waals surface area contributed by atoms with Crippen LogP contribution in [0.25, 0.3) is 0 Å². The van der Waals surface area contributed by atoms with Gasteiger partial charge in [-0.2, -0.15) is 0 Å². The van der Waals surface area contributed by atoms with Gasteiger partial charge < -0.3 is 8.54 Å². The lowest BCUT2D eigenvalue weighted by Crippen LogP contribution is -2.45. The molecule has 0 fully saturated rings. The van der Waals surface area contributed by atoms with E-state index in [-0.39, 0.29) is 0 Å². The van der Waals surface area contributed by atoms with Crippen molar-refractivity contribution in [3.63, 3.8) is 0 Å². The fraction of sp³-hybridized carbons (Fsp3) is 0.571. The zero-order valence-corrected chi connectivity index (χ0v) is 14.3. The summed E-state index contributed by atoms with van der Waals surface area (Å²) in [7, 11) is -1.69. The largest absolute Gasteiger partial charge is 0.436 e. The van der Waals surface area contributed by atoms with Crippen LogP contribution in [0.2, 0.25) is 32.2 Å².